The lowest BCUT2D eigenvalue weighted by Crippen LogP contribution is -1.71. The van der Waals surface area contributed by atoms with Gasteiger partial charge < -0.3 is 5.11 Å². The van der Waals surface area contributed by atoms with E-state index in [1.165, 1.54) is 16.2 Å². The molecule has 0 saturated heterocycles. The Balaban J connectivity index is 2.75. The first-order valence-corrected chi connectivity index (χ1v) is 6.19. The van der Waals surface area contributed by atoms with Crippen molar-refractivity contribution in [2.24, 2.45) is 0 Å². The van der Waals surface area contributed by atoms with Gasteiger partial charge in [-0.15, -0.1) is 24.4 Å². The summed E-state index contributed by atoms with van der Waals surface area (Å²) in [5.41, 5.74) is 0. The van der Waals surface area contributed by atoms with Crippen molar-refractivity contribution >= 4 is 45.8 Å². The van der Waals surface area contributed by atoms with Crippen molar-refractivity contribution < 1.29 is 5.11 Å². The summed E-state index contributed by atoms with van der Waals surface area (Å²) in [7, 11) is 0. The fourth-order valence-electron chi connectivity index (χ4n) is 1.20. The summed E-state index contributed by atoms with van der Waals surface area (Å²) in [4.78, 5) is 2.11. The van der Waals surface area contributed by atoms with Crippen molar-refractivity contribution in [1.29, 1.82) is 0 Å². The van der Waals surface area contributed by atoms with E-state index in [2.05, 4.69) is 18.7 Å². The molecule has 0 fully saturated rings. The van der Waals surface area contributed by atoms with Crippen molar-refractivity contribution in [2.75, 3.05) is 6.26 Å². The van der Waals surface area contributed by atoms with Crippen molar-refractivity contribution in [3.8, 4) is 5.06 Å². The highest BCUT2D eigenvalue weighted by molar-refractivity contribution is 7.98. The summed E-state index contributed by atoms with van der Waals surface area (Å²) in [5, 5.41) is 10.7. The second-order valence-corrected chi connectivity index (χ2v) is 5.07. The molecule has 68 valence electrons. The minimum atomic E-state index is 0.351. The molecule has 0 aliphatic rings. The molecule has 13 heavy (non-hydrogen) atoms. The number of aromatic hydroxyl groups is 1. The van der Waals surface area contributed by atoms with E-state index in [4.69, 9.17) is 0 Å². The van der Waals surface area contributed by atoms with Crippen molar-refractivity contribution in [1.82, 2.24) is 0 Å². The first-order chi connectivity index (χ1) is 6.20. The number of hydrogen-bond donors (Lipinski definition) is 2. The van der Waals surface area contributed by atoms with Gasteiger partial charge in [-0.25, -0.2) is 0 Å². The monoisotopic (exact) mass is 228 g/mol. The molecular formula is C9H8OS3. The molecule has 0 aliphatic heterocycles. The van der Waals surface area contributed by atoms with Crippen LogP contribution in [0.25, 0.3) is 10.1 Å². The highest BCUT2D eigenvalue weighted by atomic mass is 32.2. The van der Waals surface area contributed by atoms with Gasteiger partial charge >= 0.3 is 0 Å². The summed E-state index contributed by atoms with van der Waals surface area (Å²) in [6, 6.07) is 5.85. The standard InChI is InChI=1S/C9H8OS3/c1-12-5-2-7(11)6-4-9(10)13-8(6)3-5/h2-4,10-11H,1H3. The highest BCUT2D eigenvalue weighted by Gasteiger charge is 2.05. The van der Waals surface area contributed by atoms with Crippen LogP contribution in [0.4, 0.5) is 0 Å². The van der Waals surface area contributed by atoms with Gasteiger partial charge in [0.1, 0.15) is 0 Å². The molecule has 0 aliphatic carbocycles. The molecule has 0 atom stereocenters. The number of fused-ring (bicyclic) bond motifs is 1. The van der Waals surface area contributed by atoms with Crippen LogP contribution in [0.15, 0.2) is 28.0 Å². The summed E-state index contributed by atoms with van der Waals surface area (Å²) in [5.74, 6) is 0. The van der Waals surface area contributed by atoms with Crippen LogP contribution in [-0.4, -0.2) is 11.4 Å². The largest absolute Gasteiger partial charge is 0.499 e. The molecule has 0 radical (unpaired) electrons. The molecule has 0 unspecified atom stereocenters. The number of thiophene rings is 1. The molecule has 0 saturated carbocycles. The SMILES string of the molecule is CSc1cc(S)c2cc(O)sc2c1. The summed E-state index contributed by atoms with van der Waals surface area (Å²) in [6.07, 6.45) is 2.03. The lowest BCUT2D eigenvalue weighted by molar-refractivity contribution is 0.491. The van der Waals surface area contributed by atoms with Gasteiger partial charge in [-0.1, -0.05) is 11.3 Å². The van der Waals surface area contributed by atoms with E-state index in [-0.39, 0.29) is 0 Å². The predicted octanol–water partition coefficient (Wildman–Crippen LogP) is 3.62. The molecule has 2 rings (SSSR count). The van der Waals surface area contributed by atoms with Crippen LogP contribution in [0.2, 0.25) is 0 Å². The van der Waals surface area contributed by atoms with Crippen LogP contribution < -0.4 is 0 Å². The predicted molar refractivity (Wildman–Crippen MR) is 62.5 cm³/mol. The van der Waals surface area contributed by atoms with Gasteiger partial charge in [-0.3, -0.25) is 0 Å². The van der Waals surface area contributed by atoms with E-state index in [0.717, 1.165) is 15.0 Å². The summed E-state index contributed by atoms with van der Waals surface area (Å²) in [6.45, 7) is 0. The van der Waals surface area contributed by atoms with E-state index in [0.29, 0.717) is 5.06 Å². The third-order valence-corrected chi connectivity index (χ3v) is 3.77. The molecular weight excluding hydrogens is 220 g/mol. The van der Waals surface area contributed by atoms with Gasteiger partial charge in [-0.2, -0.15) is 0 Å². The van der Waals surface area contributed by atoms with Crippen molar-refractivity contribution in [2.45, 2.75) is 9.79 Å². The normalized spacial score (nSPS) is 10.9. The van der Waals surface area contributed by atoms with E-state index in [1.807, 2.05) is 12.3 Å². The highest BCUT2D eigenvalue weighted by Crippen LogP contribution is 2.36. The molecule has 0 spiro atoms. The maximum atomic E-state index is 9.32. The maximum absolute atomic E-state index is 9.32. The first kappa shape index (κ1) is 9.24. The minimum absolute atomic E-state index is 0.351. The average Bonchev–Trinajstić information content (AvgIpc) is 2.46. The van der Waals surface area contributed by atoms with Crippen molar-refractivity contribution in [3.63, 3.8) is 0 Å². The molecule has 0 amide bonds. The lowest BCUT2D eigenvalue weighted by atomic mass is 10.3. The Morgan fingerprint density at radius 1 is 1.38 bits per heavy atom. The molecule has 1 aromatic carbocycles. The van der Waals surface area contributed by atoms with Gasteiger partial charge in [0.25, 0.3) is 0 Å². The topological polar surface area (TPSA) is 20.2 Å². The van der Waals surface area contributed by atoms with Crippen LogP contribution in [0.1, 0.15) is 0 Å². The van der Waals surface area contributed by atoms with Gasteiger partial charge in [0, 0.05) is 25.9 Å². The van der Waals surface area contributed by atoms with Gasteiger partial charge in [0.2, 0.25) is 0 Å². The number of thiol groups is 1. The first-order valence-electron chi connectivity index (χ1n) is 3.70. The van der Waals surface area contributed by atoms with Crippen LogP contribution >= 0.6 is 35.7 Å². The fourth-order valence-corrected chi connectivity index (χ4v) is 3.10. The molecule has 1 nitrogen and oxygen atoms in total. The lowest BCUT2D eigenvalue weighted by Gasteiger charge is -1.98. The number of thioether (sulfide) groups is 1. The van der Waals surface area contributed by atoms with E-state index in [9.17, 15) is 5.11 Å². The number of benzene rings is 1. The quantitative estimate of drug-likeness (QED) is 0.574. The smallest absolute Gasteiger partial charge is 0.172 e. The molecule has 1 N–H and O–H groups in total. The molecule has 0 bridgehead atoms. The second-order valence-electron chi connectivity index (χ2n) is 2.64. The third-order valence-electron chi connectivity index (χ3n) is 1.81. The molecule has 1 aromatic heterocycles. The third kappa shape index (κ3) is 1.66. The average molecular weight is 228 g/mol. The minimum Gasteiger partial charge on any atom is -0.499 e. The van der Waals surface area contributed by atoms with Gasteiger partial charge in [0.15, 0.2) is 5.06 Å². The Morgan fingerprint density at radius 2 is 2.15 bits per heavy atom. The molecule has 2 aromatic rings. The van der Waals surface area contributed by atoms with Crippen molar-refractivity contribution in [3.05, 3.63) is 18.2 Å². The van der Waals surface area contributed by atoms with Crippen LogP contribution in [-0.2, 0) is 0 Å². The van der Waals surface area contributed by atoms with Crippen LogP contribution in [0.3, 0.4) is 0 Å². The Kier molecular flexibility index (Phi) is 2.45. The number of rotatable bonds is 1. The van der Waals surface area contributed by atoms with Crippen LogP contribution in [0.5, 0.6) is 5.06 Å². The second kappa shape index (κ2) is 3.44. The number of hydrogen-bond acceptors (Lipinski definition) is 4. The van der Waals surface area contributed by atoms with E-state index in [1.54, 1.807) is 17.8 Å². The zero-order chi connectivity index (χ0) is 9.42. The molecule has 4 heteroatoms. The zero-order valence-corrected chi connectivity index (χ0v) is 9.47. The zero-order valence-electron chi connectivity index (χ0n) is 6.94. The Labute approximate surface area is 90.2 Å². The van der Waals surface area contributed by atoms with Crippen LogP contribution in [0, 0.1) is 0 Å². The van der Waals surface area contributed by atoms with Gasteiger partial charge in [-0.05, 0) is 18.4 Å². The van der Waals surface area contributed by atoms with E-state index >= 15 is 0 Å². The Hall–Kier alpha value is -0.320. The van der Waals surface area contributed by atoms with E-state index < -0.39 is 0 Å². The molecule has 1 heterocycles. The Morgan fingerprint density at radius 3 is 2.85 bits per heavy atom. The van der Waals surface area contributed by atoms with Gasteiger partial charge in [0.05, 0.1) is 0 Å². The Bertz CT molecular complexity index is 447. The maximum Gasteiger partial charge on any atom is 0.172 e. The summed E-state index contributed by atoms with van der Waals surface area (Å²) < 4.78 is 1.09. The summed E-state index contributed by atoms with van der Waals surface area (Å²) >= 11 is 7.44. The fraction of sp³-hybridized carbons (Fsp3) is 0.111.